The molecule has 3 aromatic carbocycles. The molecule has 0 aliphatic carbocycles. The molecule has 0 spiro atoms. The lowest BCUT2D eigenvalue weighted by Crippen LogP contribution is -2.06. The molecule has 0 aromatic heterocycles. The maximum absolute atomic E-state index is 14.0. The van der Waals surface area contributed by atoms with Gasteiger partial charge in [-0.2, -0.15) is 12.8 Å². The molecule has 0 N–H and O–H groups in total. The molecule has 0 unspecified atom stereocenters. The monoisotopic (exact) mass is 437 g/mol. The topological polar surface area (TPSA) is 46.5 Å². The normalized spacial score (nSPS) is 12.2. The van der Waals surface area contributed by atoms with Crippen molar-refractivity contribution in [1.82, 2.24) is 0 Å². The van der Waals surface area contributed by atoms with Gasteiger partial charge in [0.05, 0.1) is 0 Å². The molecule has 0 aliphatic rings. The Morgan fingerprint density at radius 3 is 2.29 bits per heavy atom. The van der Waals surface area contributed by atoms with Crippen molar-refractivity contribution in [2.24, 2.45) is 4.40 Å². The molecular formula is C20H14ClF2NO2S2. The molecule has 0 amide bonds. The first-order valence-corrected chi connectivity index (χ1v) is 10.9. The second kappa shape index (κ2) is 8.86. The van der Waals surface area contributed by atoms with Crippen LogP contribution in [0.5, 0.6) is 0 Å². The minimum Gasteiger partial charge on any atom is -0.207 e. The van der Waals surface area contributed by atoms with Crippen molar-refractivity contribution in [1.29, 1.82) is 0 Å². The maximum Gasteiger partial charge on any atom is 0.286 e. The van der Waals surface area contributed by atoms with Gasteiger partial charge in [-0.25, -0.2) is 8.78 Å². The van der Waals surface area contributed by atoms with Crippen LogP contribution in [0.4, 0.5) is 8.78 Å². The van der Waals surface area contributed by atoms with Crippen LogP contribution in [0.1, 0.15) is 11.1 Å². The summed E-state index contributed by atoms with van der Waals surface area (Å²) in [6, 6.07) is 18.1. The smallest absolute Gasteiger partial charge is 0.207 e. The van der Waals surface area contributed by atoms with E-state index in [2.05, 4.69) is 4.40 Å². The fourth-order valence-corrected chi connectivity index (χ4v) is 4.72. The van der Waals surface area contributed by atoms with E-state index in [0.717, 1.165) is 17.7 Å². The molecule has 0 saturated heterocycles. The van der Waals surface area contributed by atoms with E-state index in [1.807, 2.05) is 12.1 Å². The van der Waals surface area contributed by atoms with Crippen molar-refractivity contribution in [2.45, 2.75) is 10.6 Å². The summed E-state index contributed by atoms with van der Waals surface area (Å²) in [5, 5.41) is 0.805. The van der Waals surface area contributed by atoms with Crippen LogP contribution in [-0.4, -0.2) is 13.5 Å². The molecule has 0 radical (unpaired) electrons. The average molecular weight is 438 g/mol. The number of rotatable bonds is 5. The summed E-state index contributed by atoms with van der Waals surface area (Å²) in [6.45, 7) is 0. The predicted octanol–water partition coefficient (Wildman–Crippen LogP) is 5.69. The zero-order valence-corrected chi connectivity index (χ0v) is 16.7. The molecular weight excluding hydrogens is 424 g/mol. The Balaban J connectivity index is 1.97. The van der Waals surface area contributed by atoms with Gasteiger partial charge < -0.3 is 0 Å². The van der Waals surface area contributed by atoms with Crippen molar-refractivity contribution >= 4 is 38.4 Å². The lowest BCUT2D eigenvalue weighted by Gasteiger charge is -2.08. The summed E-state index contributed by atoms with van der Waals surface area (Å²) in [6.07, 6.45) is 0. The van der Waals surface area contributed by atoms with Crippen LogP contribution in [0.25, 0.3) is 0 Å². The summed E-state index contributed by atoms with van der Waals surface area (Å²) < 4.78 is 56.2. The lowest BCUT2D eigenvalue weighted by molar-refractivity contribution is 0.550. The van der Waals surface area contributed by atoms with E-state index in [9.17, 15) is 17.2 Å². The number of halogens is 3. The summed E-state index contributed by atoms with van der Waals surface area (Å²) in [7, 11) is -4.36. The highest BCUT2D eigenvalue weighted by Crippen LogP contribution is 2.24. The Morgan fingerprint density at radius 1 is 0.964 bits per heavy atom. The van der Waals surface area contributed by atoms with Crippen molar-refractivity contribution < 1.29 is 17.2 Å². The van der Waals surface area contributed by atoms with E-state index in [1.165, 1.54) is 11.8 Å². The standard InChI is InChI=1S/C20H14ClF2NO2S2/c21-16-8-6-14(7-9-16)13-27-20(15-4-2-1-3-5-15)24-28(25,26)19-11-10-17(22)12-18(19)23/h1-12H,13H2/b24-20+. The first kappa shape index (κ1) is 20.5. The second-order valence-corrected chi connectivity index (χ2v) is 8.70. The molecule has 0 fully saturated rings. The van der Waals surface area contributed by atoms with E-state index in [1.54, 1.807) is 42.5 Å². The lowest BCUT2D eigenvalue weighted by atomic mass is 10.2. The fourth-order valence-electron chi connectivity index (χ4n) is 2.32. The highest BCUT2D eigenvalue weighted by Gasteiger charge is 2.21. The zero-order chi connectivity index (χ0) is 20.1. The van der Waals surface area contributed by atoms with Gasteiger partial charge in [-0.1, -0.05) is 54.1 Å². The molecule has 144 valence electrons. The fraction of sp³-hybridized carbons (Fsp3) is 0.0500. The van der Waals surface area contributed by atoms with Crippen LogP contribution in [0.2, 0.25) is 5.02 Å². The number of sulfonamides is 1. The van der Waals surface area contributed by atoms with Crippen LogP contribution >= 0.6 is 23.4 Å². The van der Waals surface area contributed by atoms with Crippen LogP contribution in [0.15, 0.2) is 82.1 Å². The molecule has 8 heteroatoms. The first-order chi connectivity index (χ1) is 13.3. The molecule has 0 saturated carbocycles. The quantitative estimate of drug-likeness (QED) is 0.380. The largest absolute Gasteiger partial charge is 0.286 e. The third-order valence-corrected chi connectivity index (χ3v) is 6.44. The van der Waals surface area contributed by atoms with Crippen molar-refractivity contribution in [3.05, 3.63) is 101 Å². The molecule has 3 rings (SSSR count). The number of thioether (sulfide) groups is 1. The Morgan fingerprint density at radius 2 is 1.64 bits per heavy atom. The van der Waals surface area contributed by atoms with Crippen LogP contribution in [-0.2, 0) is 15.8 Å². The van der Waals surface area contributed by atoms with Crippen LogP contribution in [0, 0.1) is 11.6 Å². The van der Waals surface area contributed by atoms with Crippen LogP contribution < -0.4 is 0 Å². The summed E-state index contributed by atoms with van der Waals surface area (Å²) in [4.78, 5) is -0.672. The highest BCUT2D eigenvalue weighted by molar-refractivity contribution is 8.14. The van der Waals surface area contributed by atoms with E-state index in [-0.39, 0.29) is 5.04 Å². The predicted molar refractivity (Wildman–Crippen MR) is 109 cm³/mol. The highest BCUT2D eigenvalue weighted by atomic mass is 35.5. The van der Waals surface area contributed by atoms with Crippen molar-refractivity contribution in [2.75, 3.05) is 0 Å². The van der Waals surface area contributed by atoms with Crippen molar-refractivity contribution in [3.8, 4) is 0 Å². The maximum atomic E-state index is 14.0. The molecule has 0 aliphatic heterocycles. The van der Waals surface area contributed by atoms with E-state index >= 15 is 0 Å². The third-order valence-electron chi connectivity index (χ3n) is 3.68. The van der Waals surface area contributed by atoms with Gasteiger partial charge >= 0.3 is 0 Å². The van der Waals surface area contributed by atoms with Crippen LogP contribution in [0.3, 0.4) is 0 Å². The Labute approximate surface area is 171 Å². The average Bonchev–Trinajstić information content (AvgIpc) is 2.66. The second-order valence-electron chi connectivity index (χ2n) is 5.73. The van der Waals surface area contributed by atoms with E-state index < -0.39 is 26.6 Å². The molecule has 28 heavy (non-hydrogen) atoms. The minimum atomic E-state index is -4.36. The first-order valence-electron chi connectivity index (χ1n) is 8.08. The number of hydrogen-bond acceptors (Lipinski definition) is 3. The zero-order valence-electron chi connectivity index (χ0n) is 14.3. The summed E-state index contributed by atoms with van der Waals surface area (Å²) >= 11 is 7.07. The van der Waals surface area contributed by atoms with Gasteiger partial charge in [-0.3, -0.25) is 0 Å². The summed E-state index contributed by atoms with van der Waals surface area (Å²) in [5.74, 6) is -1.61. The van der Waals surface area contributed by atoms with Gasteiger partial charge in [-0.15, -0.1) is 11.8 Å². The van der Waals surface area contributed by atoms with Gasteiger partial charge in [0, 0.05) is 22.4 Å². The Hall–Kier alpha value is -2.22. The number of hydrogen-bond donors (Lipinski definition) is 0. The van der Waals surface area contributed by atoms with E-state index in [0.29, 0.717) is 22.4 Å². The van der Waals surface area contributed by atoms with Gasteiger partial charge in [-0.05, 0) is 29.8 Å². The molecule has 3 aromatic rings. The Bertz CT molecular complexity index is 1100. The molecule has 0 bridgehead atoms. The van der Waals surface area contributed by atoms with Crippen molar-refractivity contribution in [3.63, 3.8) is 0 Å². The van der Waals surface area contributed by atoms with E-state index in [4.69, 9.17) is 11.6 Å². The summed E-state index contributed by atoms with van der Waals surface area (Å²) in [5.41, 5.74) is 1.50. The number of nitrogens with zero attached hydrogens (tertiary/aromatic N) is 1. The molecule has 0 atom stereocenters. The molecule has 0 heterocycles. The minimum absolute atomic E-state index is 0.208. The van der Waals surface area contributed by atoms with Gasteiger partial charge in [0.1, 0.15) is 21.6 Å². The Kier molecular flexibility index (Phi) is 6.49. The third kappa shape index (κ3) is 5.19. The van der Waals surface area contributed by atoms with Gasteiger partial charge in [0.15, 0.2) is 0 Å². The van der Waals surface area contributed by atoms with Gasteiger partial charge in [0.25, 0.3) is 10.0 Å². The van der Waals surface area contributed by atoms with Gasteiger partial charge in [0.2, 0.25) is 0 Å². The molecule has 3 nitrogen and oxygen atoms in total. The SMILES string of the molecule is O=S(=O)(/N=C(/SCc1ccc(Cl)cc1)c1ccccc1)c1ccc(F)cc1F. The number of benzene rings is 3.